The SMILES string of the molecule is C#CCN(C)Cc1ccc2c(C)cc(C)c(O)c2n1. The van der Waals surface area contributed by atoms with Gasteiger partial charge in [-0.3, -0.25) is 4.90 Å². The molecule has 0 aliphatic carbocycles. The summed E-state index contributed by atoms with van der Waals surface area (Å²) in [5.41, 5.74) is 3.56. The fourth-order valence-corrected chi connectivity index (χ4v) is 2.23. The Morgan fingerprint density at radius 2 is 2.05 bits per heavy atom. The molecule has 3 heteroatoms. The molecule has 0 spiro atoms. The molecule has 0 saturated carbocycles. The number of hydrogen-bond donors (Lipinski definition) is 1. The molecular formula is C16H18N2O. The standard InChI is InChI=1S/C16H18N2O/c1-5-8-18(4)10-13-6-7-14-11(2)9-12(3)16(19)15(14)17-13/h1,6-7,9,19H,8,10H2,2-4H3. The third-order valence-corrected chi connectivity index (χ3v) is 3.20. The molecule has 1 aromatic carbocycles. The summed E-state index contributed by atoms with van der Waals surface area (Å²) in [6.07, 6.45) is 5.29. The Bertz CT molecular complexity index is 656. The Morgan fingerprint density at radius 3 is 2.74 bits per heavy atom. The average Bonchev–Trinajstić information content (AvgIpc) is 2.36. The van der Waals surface area contributed by atoms with E-state index in [-0.39, 0.29) is 5.75 Å². The van der Waals surface area contributed by atoms with Gasteiger partial charge in [0.15, 0.2) is 0 Å². The molecule has 2 rings (SSSR count). The van der Waals surface area contributed by atoms with Crippen LogP contribution in [0.1, 0.15) is 16.8 Å². The summed E-state index contributed by atoms with van der Waals surface area (Å²) in [5, 5.41) is 11.1. The number of fused-ring (bicyclic) bond motifs is 1. The van der Waals surface area contributed by atoms with Crippen molar-refractivity contribution in [2.24, 2.45) is 0 Å². The van der Waals surface area contributed by atoms with E-state index >= 15 is 0 Å². The lowest BCUT2D eigenvalue weighted by atomic mass is 10.0. The van der Waals surface area contributed by atoms with E-state index in [9.17, 15) is 5.11 Å². The van der Waals surface area contributed by atoms with Crippen LogP contribution in [-0.2, 0) is 6.54 Å². The largest absolute Gasteiger partial charge is 0.505 e. The molecule has 0 aliphatic heterocycles. The lowest BCUT2D eigenvalue weighted by Gasteiger charge is -2.14. The van der Waals surface area contributed by atoms with Crippen molar-refractivity contribution in [2.45, 2.75) is 20.4 Å². The number of pyridine rings is 1. The van der Waals surface area contributed by atoms with Gasteiger partial charge in [-0.05, 0) is 38.1 Å². The van der Waals surface area contributed by atoms with Gasteiger partial charge in [0.25, 0.3) is 0 Å². The minimum absolute atomic E-state index is 0.266. The Labute approximate surface area is 113 Å². The van der Waals surface area contributed by atoms with E-state index in [1.165, 1.54) is 0 Å². The molecule has 1 heterocycles. The zero-order valence-electron chi connectivity index (χ0n) is 11.6. The Hall–Kier alpha value is -2.05. The van der Waals surface area contributed by atoms with Crippen LogP contribution in [0.4, 0.5) is 0 Å². The number of benzene rings is 1. The Kier molecular flexibility index (Phi) is 3.73. The van der Waals surface area contributed by atoms with E-state index in [0.29, 0.717) is 18.6 Å². The van der Waals surface area contributed by atoms with Crippen molar-refractivity contribution in [3.8, 4) is 18.1 Å². The van der Waals surface area contributed by atoms with Gasteiger partial charge >= 0.3 is 0 Å². The first-order valence-corrected chi connectivity index (χ1v) is 6.23. The van der Waals surface area contributed by atoms with Gasteiger partial charge in [-0.2, -0.15) is 0 Å². The highest BCUT2D eigenvalue weighted by Gasteiger charge is 2.09. The van der Waals surface area contributed by atoms with Crippen molar-refractivity contribution >= 4 is 10.9 Å². The summed E-state index contributed by atoms with van der Waals surface area (Å²) in [6, 6.07) is 5.97. The Balaban J connectivity index is 2.46. The number of rotatable bonds is 3. The summed E-state index contributed by atoms with van der Waals surface area (Å²) < 4.78 is 0. The molecular weight excluding hydrogens is 236 g/mol. The smallest absolute Gasteiger partial charge is 0.144 e. The first-order chi connectivity index (χ1) is 9.02. The minimum atomic E-state index is 0.266. The third kappa shape index (κ3) is 2.69. The second-order valence-corrected chi connectivity index (χ2v) is 4.93. The number of hydrogen-bond acceptors (Lipinski definition) is 3. The highest BCUT2D eigenvalue weighted by molar-refractivity contribution is 5.88. The molecule has 0 amide bonds. The fourth-order valence-electron chi connectivity index (χ4n) is 2.23. The lowest BCUT2D eigenvalue weighted by Crippen LogP contribution is -2.18. The van der Waals surface area contributed by atoms with Crippen LogP contribution < -0.4 is 0 Å². The third-order valence-electron chi connectivity index (χ3n) is 3.20. The van der Waals surface area contributed by atoms with Gasteiger partial charge in [0, 0.05) is 11.9 Å². The van der Waals surface area contributed by atoms with Gasteiger partial charge in [0.1, 0.15) is 11.3 Å². The minimum Gasteiger partial charge on any atom is -0.505 e. The van der Waals surface area contributed by atoms with E-state index < -0.39 is 0 Å². The van der Waals surface area contributed by atoms with Gasteiger partial charge in [-0.15, -0.1) is 6.42 Å². The molecule has 2 aromatic rings. The monoisotopic (exact) mass is 254 g/mol. The van der Waals surface area contributed by atoms with E-state index in [1.54, 1.807) is 0 Å². The molecule has 0 unspecified atom stereocenters. The number of phenolic OH excluding ortho intramolecular Hbond substituents is 1. The maximum atomic E-state index is 10.1. The molecule has 19 heavy (non-hydrogen) atoms. The second-order valence-electron chi connectivity index (χ2n) is 4.93. The number of nitrogens with zero attached hydrogens (tertiary/aromatic N) is 2. The van der Waals surface area contributed by atoms with Crippen molar-refractivity contribution in [1.29, 1.82) is 0 Å². The predicted molar refractivity (Wildman–Crippen MR) is 78.0 cm³/mol. The topological polar surface area (TPSA) is 36.4 Å². The number of aromatic hydroxyl groups is 1. The van der Waals surface area contributed by atoms with Crippen molar-refractivity contribution in [3.05, 3.63) is 35.0 Å². The van der Waals surface area contributed by atoms with Gasteiger partial charge in [-0.25, -0.2) is 4.98 Å². The van der Waals surface area contributed by atoms with Crippen LogP contribution in [-0.4, -0.2) is 28.6 Å². The zero-order valence-corrected chi connectivity index (χ0v) is 11.6. The van der Waals surface area contributed by atoms with Crippen molar-refractivity contribution in [3.63, 3.8) is 0 Å². The van der Waals surface area contributed by atoms with Crippen LogP contribution in [0.5, 0.6) is 5.75 Å². The summed E-state index contributed by atoms with van der Waals surface area (Å²) in [5.74, 6) is 2.87. The first-order valence-electron chi connectivity index (χ1n) is 6.23. The predicted octanol–water partition coefficient (Wildman–Crippen LogP) is 2.62. The van der Waals surface area contributed by atoms with E-state index in [1.807, 2.05) is 44.0 Å². The molecule has 0 atom stereocenters. The van der Waals surface area contributed by atoms with Crippen LogP contribution in [0.25, 0.3) is 10.9 Å². The van der Waals surface area contributed by atoms with Crippen LogP contribution in [0.3, 0.4) is 0 Å². The number of terminal acetylenes is 1. The van der Waals surface area contributed by atoms with Crippen LogP contribution in [0, 0.1) is 26.2 Å². The molecule has 98 valence electrons. The molecule has 0 aliphatic rings. The highest BCUT2D eigenvalue weighted by atomic mass is 16.3. The molecule has 0 bridgehead atoms. The average molecular weight is 254 g/mol. The van der Waals surface area contributed by atoms with E-state index in [0.717, 1.165) is 22.2 Å². The normalized spacial score (nSPS) is 10.9. The number of aryl methyl sites for hydroxylation is 2. The maximum Gasteiger partial charge on any atom is 0.144 e. The first kappa shape index (κ1) is 13.4. The summed E-state index contributed by atoms with van der Waals surface area (Å²) in [7, 11) is 1.95. The maximum absolute atomic E-state index is 10.1. The summed E-state index contributed by atoms with van der Waals surface area (Å²) in [4.78, 5) is 6.57. The van der Waals surface area contributed by atoms with Crippen molar-refractivity contribution in [2.75, 3.05) is 13.6 Å². The molecule has 0 fully saturated rings. The molecule has 1 aromatic heterocycles. The Morgan fingerprint density at radius 1 is 1.32 bits per heavy atom. The molecule has 3 nitrogen and oxygen atoms in total. The zero-order chi connectivity index (χ0) is 14.0. The van der Waals surface area contributed by atoms with Gasteiger partial charge < -0.3 is 5.11 Å². The quantitative estimate of drug-likeness (QED) is 0.855. The lowest BCUT2D eigenvalue weighted by molar-refractivity contribution is 0.364. The van der Waals surface area contributed by atoms with Gasteiger partial charge in [0.05, 0.1) is 12.2 Å². The van der Waals surface area contributed by atoms with Gasteiger partial charge in [-0.1, -0.05) is 18.1 Å². The molecule has 1 N–H and O–H groups in total. The summed E-state index contributed by atoms with van der Waals surface area (Å²) >= 11 is 0. The van der Waals surface area contributed by atoms with Crippen molar-refractivity contribution < 1.29 is 5.11 Å². The number of phenols is 1. The fraction of sp³-hybridized carbons (Fsp3) is 0.312. The molecule has 0 saturated heterocycles. The second kappa shape index (κ2) is 5.29. The van der Waals surface area contributed by atoms with Crippen LogP contribution in [0.2, 0.25) is 0 Å². The van der Waals surface area contributed by atoms with E-state index in [2.05, 4.69) is 10.9 Å². The van der Waals surface area contributed by atoms with E-state index in [4.69, 9.17) is 6.42 Å². The molecule has 0 radical (unpaired) electrons. The van der Waals surface area contributed by atoms with Crippen LogP contribution >= 0.6 is 0 Å². The van der Waals surface area contributed by atoms with Gasteiger partial charge in [0.2, 0.25) is 0 Å². The number of aromatic nitrogens is 1. The van der Waals surface area contributed by atoms with Crippen LogP contribution in [0.15, 0.2) is 18.2 Å². The highest BCUT2D eigenvalue weighted by Crippen LogP contribution is 2.29. The summed E-state index contributed by atoms with van der Waals surface area (Å²) in [6.45, 7) is 5.17. The van der Waals surface area contributed by atoms with Crippen molar-refractivity contribution in [1.82, 2.24) is 9.88 Å².